The first-order valence-electron chi connectivity index (χ1n) is 6.34. The highest BCUT2D eigenvalue weighted by molar-refractivity contribution is 6.30. The van der Waals surface area contributed by atoms with Crippen molar-refractivity contribution in [3.63, 3.8) is 0 Å². The summed E-state index contributed by atoms with van der Waals surface area (Å²) in [6, 6.07) is 16.0. The van der Waals surface area contributed by atoms with Crippen LogP contribution in [0.3, 0.4) is 0 Å². The molecule has 0 saturated carbocycles. The van der Waals surface area contributed by atoms with E-state index in [1.54, 1.807) is 24.3 Å². The molecule has 2 aromatic rings. The van der Waals surface area contributed by atoms with E-state index >= 15 is 0 Å². The Morgan fingerprint density at radius 1 is 1.05 bits per heavy atom. The van der Waals surface area contributed by atoms with Crippen LogP contribution in [0.4, 0.5) is 0 Å². The average Bonchev–Trinajstić information content (AvgIpc) is 2.46. The molecule has 100 valence electrons. The topological polar surface area (TPSA) is 37.4 Å². The van der Waals surface area contributed by atoms with E-state index in [9.17, 15) is 9.59 Å². The Labute approximate surface area is 121 Å². The highest BCUT2D eigenvalue weighted by atomic mass is 35.5. The van der Waals surface area contributed by atoms with Gasteiger partial charge in [-0.25, -0.2) is 0 Å². The number of β-lactam (4-membered cyclic amide) rings is 1. The van der Waals surface area contributed by atoms with E-state index in [1.807, 2.05) is 30.3 Å². The van der Waals surface area contributed by atoms with Gasteiger partial charge >= 0.3 is 0 Å². The lowest BCUT2D eigenvalue weighted by atomic mass is 9.93. The largest absolute Gasteiger partial charge is 0.274 e. The number of hydrogen-bond donors (Lipinski definition) is 0. The van der Waals surface area contributed by atoms with Crippen LogP contribution >= 0.6 is 11.6 Å². The monoisotopic (exact) mass is 285 g/mol. The summed E-state index contributed by atoms with van der Waals surface area (Å²) < 4.78 is 0. The van der Waals surface area contributed by atoms with E-state index in [0.29, 0.717) is 17.0 Å². The minimum atomic E-state index is -0.272. The second-order valence-corrected chi connectivity index (χ2v) is 5.14. The third kappa shape index (κ3) is 2.21. The quantitative estimate of drug-likeness (QED) is 0.626. The third-order valence-corrected chi connectivity index (χ3v) is 3.69. The number of imide groups is 1. The van der Waals surface area contributed by atoms with Crippen molar-refractivity contribution in [3.8, 4) is 0 Å². The van der Waals surface area contributed by atoms with Gasteiger partial charge in [0.2, 0.25) is 5.91 Å². The minimum absolute atomic E-state index is 0.140. The first-order valence-corrected chi connectivity index (χ1v) is 6.71. The zero-order valence-corrected chi connectivity index (χ0v) is 11.4. The zero-order valence-electron chi connectivity index (χ0n) is 10.6. The van der Waals surface area contributed by atoms with E-state index in [2.05, 4.69) is 0 Å². The van der Waals surface area contributed by atoms with Crippen LogP contribution in [0.25, 0.3) is 0 Å². The maximum absolute atomic E-state index is 12.4. The van der Waals surface area contributed by atoms with Crippen molar-refractivity contribution in [2.75, 3.05) is 0 Å². The predicted molar refractivity (Wildman–Crippen MR) is 76.4 cm³/mol. The van der Waals surface area contributed by atoms with Gasteiger partial charge in [0.25, 0.3) is 5.91 Å². The van der Waals surface area contributed by atoms with Crippen molar-refractivity contribution < 1.29 is 9.59 Å². The van der Waals surface area contributed by atoms with Gasteiger partial charge < -0.3 is 0 Å². The van der Waals surface area contributed by atoms with E-state index in [0.717, 1.165) is 5.56 Å². The molecule has 0 unspecified atom stereocenters. The van der Waals surface area contributed by atoms with E-state index in [4.69, 9.17) is 11.6 Å². The van der Waals surface area contributed by atoms with Crippen LogP contribution in [0.2, 0.25) is 5.02 Å². The molecule has 3 nitrogen and oxygen atoms in total. The molecule has 1 aliphatic rings. The fourth-order valence-electron chi connectivity index (χ4n) is 2.34. The Morgan fingerprint density at radius 3 is 2.30 bits per heavy atom. The van der Waals surface area contributed by atoms with Gasteiger partial charge in [-0.3, -0.25) is 14.5 Å². The van der Waals surface area contributed by atoms with Crippen LogP contribution in [0, 0.1) is 0 Å². The van der Waals surface area contributed by atoms with Gasteiger partial charge in [-0.15, -0.1) is 0 Å². The zero-order chi connectivity index (χ0) is 14.1. The van der Waals surface area contributed by atoms with Gasteiger partial charge in [0.15, 0.2) is 0 Å². The summed E-state index contributed by atoms with van der Waals surface area (Å²) in [6.07, 6.45) is 0.378. The van der Waals surface area contributed by atoms with Gasteiger partial charge in [0, 0.05) is 10.6 Å². The number of likely N-dealkylation sites (tertiary alicyclic amines) is 1. The number of amides is 2. The van der Waals surface area contributed by atoms with Gasteiger partial charge in [0.05, 0.1) is 12.5 Å². The molecule has 1 aliphatic heterocycles. The minimum Gasteiger partial charge on any atom is -0.274 e. The lowest BCUT2D eigenvalue weighted by Gasteiger charge is -2.39. The Kier molecular flexibility index (Phi) is 3.28. The maximum Gasteiger partial charge on any atom is 0.261 e. The second-order valence-electron chi connectivity index (χ2n) is 4.71. The molecular weight excluding hydrogens is 274 g/mol. The van der Waals surface area contributed by atoms with Crippen LogP contribution in [-0.4, -0.2) is 16.7 Å². The molecule has 2 amide bonds. The van der Waals surface area contributed by atoms with Crippen molar-refractivity contribution in [2.24, 2.45) is 0 Å². The molecule has 0 N–H and O–H groups in total. The van der Waals surface area contributed by atoms with Crippen LogP contribution in [-0.2, 0) is 4.79 Å². The summed E-state index contributed by atoms with van der Waals surface area (Å²) in [5.74, 6) is -0.412. The lowest BCUT2D eigenvalue weighted by molar-refractivity contribution is -0.141. The average molecular weight is 286 g/mol. The number of carbonyl (C=O) groups is 2. The molecule has 0 spiro atoms. The van der Waals surface area contributed by atoms with Crippen LogP contribution < -0.4 is 0 Å². The van der Waals surface area contributed by atoms with E-state index in [-0.39, 0.29) is 17.9 Å². The molecule has 20 heavy (non-hydrogen) atoms. The lowest BCUT2D eigenvalue weighted by Crippen LogP contribution is -2.49. The Bertz CT molecular complexity index is 652. The number of nitrogens with zero attached hydrogens (tertiary/aromatic N) is 1. The predicted octanol–water partition coefficient (Wildman–Crippen LogP) is 3.45. The van der Waals surface area contributed by atoms with Crippen LogP contribution in [0.1, 0.15) is 28.4 Å². The highest BCUT2D eigenvalue weighted by Crippen LogP contribution is 2.35. The Hall–Kier alpha value is -2.13. The fraction of sp³-hybridized carbons (Fsp3) is 0.125. The summed E-state index contributed by atoms with van der Waals surface area (Å²) in [5.41, 5.74) is 1.46. The molecule has 3 rings (SSSR count). The molecule has 1 fully saturated rings. The Balaban J connectivity index is 1.86. The van der Waals surface area contributed by atoms with Gasteiger partial charge in [-0.05, 0) is 29.8 Å². The first-order chi connectivity index (χ1) is 9.66. The van der Waals surface area contributed by atoms with E-state index < -0.39 is 0 Å². The molecule has 1 saturated heterocycles. The second kappa shape index (κ2) is 5.10. The SMILES string of the molecule is O=C1C[C@H](c2ccccc2)N1C(=O)c1ccc(Cl)cc1. The van der Waals surface area contributed by atoms with Crippen molar-refractivity contribution >= 4 is 23.4 Å². The maximum atomic E-state index is 12.4. The number of benzene rings is 2. The number of rotatable bonds is 2. The molecule has 4 heteroatoms. The molecule has 0 bridgehead atoms. The molecule has 1 atom stereocenters. The number of carbonyl (C=O) groups excluding carboxylic acids is 2. The van der Waals surface area contributed by atoms with Gasteiger partial charge in [0.1, 0.15) is 0 Å². The summed E-state index contributed by atoms with van der Waals surface area (Å²) in [7, 11) is 0. The van der Waals surface area contributed by atoms with Crippen LogP contribution in [0.5, 0.6) is 0 Å². The highest BCUT2D eigenvalue weighted by Gasteiger charge is 2.41. The van der Waals surface area contributed by atoms with Crippen molar-refractivity contribution in [3.05, 3.63) is 70.7 Å². The van der Waals surface area contributed by atoms with Gasteiger partial charge in [-0.1, -0.05) is 41.9 Å². The van der Waals surface area contributed by atoms with Gasteiger partial charge in [-0.2, -0.15) is 0 Å². The molecular formula is C16H12ClNO2. The van der Waals surface area contributed by atoms with E-state index in [1.165, 1.54) is 4.90 Å². The molecule has 2 aromatic carbocycles. The molecule has 1 heterocycles. The molecule has 0 aliphatic carbocycles. The van der Waals surface area contributed by atoms with Crippen molar-refractivity contribution in [2.45, 2.75) is 12.5 Å². The first kappa shape index (κ1) is 12.9. The summed E-state index contributed by atoms with van der Waals surface area (Å²) in [5, 5.41) is 0.566. The molecule has 0 radical (unpaired) electrons. The van der Waals surface area contributed by atoms with Crippen molar-refractivity contribution in [1.82, 2.24) is 4.90 Å². The van der Waals surface area contributed by atoms with Crippen LogP contribution in [0.15, 0.2) is 54.6 Å². The van der Waals surface area contributed by atoms with Crippen molar-refractivity contribution in [1.29, 1.82) is 0 Å². The molecule has 0 aromatic heterocycles. The summed E-state index contributed by atoms with van der Waals surface area (Å²) in [6.45, 7) is 0. The fourth-order valence-corrected chi connectivity index (χ4v) is 2.47. The Morgan fingerprint density at radius 2 is 1.70 bits per heavy atom. The third-order valence-electron chi connectivity index (χ3n) is 3.44. The standard InChI is InChI=1S/C16H12ClNO2/c17-13-8-6-12(7-9-13)16(20)18-14(10-15(18)19)11-4-2-1-3-5-11/h1-9,14H,10H2/t14-/m1/s1. The number of hydrogen-bond acceptors (Lipinski definition) is 2. The number of halogens is 1. The summed E-state index contributed by atoms with van der Waals surface area (Å²) >= 11 is 5.81. The smallest absolute Gasteiger partial charge is 0.261 e. The summed E-state index contributed by atoms with van der Waals surface area (Å²) in [4.78, 5) is 25.5. The normalized spacial score (nSPS) is 17.8.